The molecule has 0 bridgehead atoms. The normalized spacial score (nSPS) is 15.6. The lowest BCUT2D eigenvalue weighted by molar-refractivity contribution is -0.126. The number of carbonyl (C=O) groups is 3. The Balaban J connectivity index is 1.48. The molecular formula is C20H16N2O6. The molecule has 28 heavy (non-hydrogen) atoms. The van der Waals surface area contributed by atoms with Crippen molar-refractivity contribution in [2.75, 3.05) is 18.1 Å². The van der Waals surface area contributed by atoms with E-state index in [1.165, 1.54) is 4.90 Å². The van der Waals surface area contributed by atoms with Crippen LogP contribution in [0, 0.1) is 0 Å². The van der Waals surface area contributed by atoms with Gasteiger partial charge in [-0.3, -0.25) is 9.59 Å². The van der Waals surface area contributed by atoms with Crippen molar-refractivity contribution >= 4 is 34.4 Å². The summed E-state index contributed by atoms with van der Waals surface area (Å²) in [6, 6.07) is 15.4. The van der Waals surface area contributed by atoms with Gasteiger partial charge in [-0.05, 0) is 24.3 Å². The van der Waals surface area contributed by atoms with Gasteiger partial charge in [0.15, 0.2) is 12.7 Å². The first-order chi connectivity index (χ1) is 13.5. The van der Waals surface area contributed by atoms with Crippen molar-refractivity contribution < 1.29 is 28.3 Å². The highest BCUT2D eigenvalue weighted by Gasteiger charge is 2.33. The van der Waals surface area contributed by atoms with Gasteiger partial charge in [0.2, 0.25) is 5.76 Å². The predicted octanol–water partition coefficient (Wildman–Crippen LogP) is 1.87. The molecule has 0 fully saturated rings. The Hall–Kier alpha value is -3.81. The van der Waals surface area contributed by atoms with E-state index in [0.717, 1.165) is 5.39 Å². The number of hydrogen-bond donors (Lipinski definition) is 1. The monoisotopic (exact) mass is 380 g/mol. The highest BCUT2D eigenvalue weighted by atomic mass is 16.5. The van der Waals surface area contributed by atoms with Crippen LogP contribution in [0.1, 0.15) is 10.6 Å². The van der Waals surface area contributed by atoms with Gasteiger partial charge < -0.3 is 24.5 Å². The number of primary amides is 1. The molecule has 142 valence electrons. The van der Waals surface area contributed by atoms with E-state index in [1.807, 2.05) is 6.07 Å². The van der Waals surface area contributed by atoms with Crippen LogP contribution in [0.5, 0.6) is 5.75 Å². The molecule has 1 atom stereocenters. The van der Waals surface area contributed by atoms with Gasteiger partial charge in [-0.15, -0.1) is 0 Å². The summed E-state index contributed by atoms with van der Waals surface area (Å²) >= 11 is 0. The average Bonchev–Trinajstić information content (AvgIpc) is 3.15. The molecule has 4 rings (SSSR count). The number of para-hydroxylation sites is 3. The van der Waals surface area contributed by atoms with Crippen LogP contribution in [0.15, 0.2) is 59.0 Å². The quantitative estimate of drug-likeness (QED) is 0.692. The molecule has 0 aliphatic carbocycles. The van der Waals surface area contributed by atoms with E-state index in [0.29, 0.717) is 17.0 Å². The Bertz CT molecular complexity index is 1040. The van der Waals surface area contributed by atoms with Gasteiger partial charge in [0, 0.05) is 5.39 Å². The lowest BCUT2D eigenvalue weighted by Crippen LogP contribution is -2.50. The maximum Gasteiger partial charge on any atom is 0.374 e. The minimum absolute atomic E-state index is 0.00592. The number of benzene rings is 2. The maximum atomic E-state index is 12.6. The number of carbonyl (C=O) groups excluding carboxylic acids is 3. The molecule has 0 spiro atoms. The minimum Gasteiger partial charge on any atom is -0.477 e. The number of furan rings is 1. The van der Waals surface area contributed by atoms with Crippen LogP contribution in [-0.2, 0) is 14.3 Å². The third-order valence-corrected chi connectivity index (χ3v) is 4.35. The fraction of sp³-hybridized carbons (Fsp3) is 0.150. The van der Waals surface area contributed by atoms with Crippen molar-refractivity contribution in [3.63, 3.8) is 0 Å². The molecule has 1 aliphatic heterocycles. The standard InChI is InChI=1S/C20H16N2O6/c21-19(24)17-10-22(13-6-2-4-8-15(13)28-17)18(23)11-26-20(25)16-9-12-5-1-3-7-14(12)27-16/h1-9,17H,10-11H2,(H2,21,24). The Labute approximate surface area is 159 Å². The fourth-order valence-corrected chi connectivity index (χ4v) is 2.98. The van der Waals surface area contributed by atoms with Crippen LogP contribution < -0.4 is 15.4 Å². The van der Waals surface area contributed by atoms with Crippen LogP contribution in [0.3, 0.4) is 0 Å². The summed E-state index contributed by atoms with van der Waals surface area (Å²) in [6.07, 6.45) is -0.982. The first kappa shape index (κ1) is 17.6. The molecule has 2 heterocycles. The second-order valence-corrected chi connectivity index (χ2v) is 6.21. The van der Waals surface area contributed by atoms with E-state index in [2.05, 4.69) is 0 Å². The Kier molecular flexibility index (Phi) is 4.44. The second kappa shape index (κ2) is 7.07. The molecular weight excluding hydrogens is 364 g/mol. The van der Waals surface area contributed by atoms with Gasteiger partial charge in [0.1, 0.15) is 11.3 Å². The third kappa shape index (κ3) is 3.27. The summed E-state index contributed by atoms with van der Waals surface area (Å²) in [7, 11) is 0. The van der Waals surface area contributed by atoms with Crippen molar-refractivity contribution in [3.8, 4) is 5.75 Å². The molecule has 1 unspecified atom stereocenters. The molecule has 1 aromatic heterocycles. The third-order valence-electron chi connectivity index (χ3n) is 4.35. The largest absolute Gasteiger partial charge is 0.477 e. The van der Waals surface area contributed by atoms with Crippen molar-refractivity contribution in [2.24, 2.45) is 5.73 Å². The molecule has 2 amide bonds. The van der Waals surface area contributed by atoms with E-state index in [1.54, 1.807) is 48.5 Å². The zero-order chi connectivity index (χ0) is 19.7. The van der Waals surface area contributed by atoms with Crippen molar-refractivity contribution in [1.29, 1.82) is 0 Å². The number of anilines is 1. The second-order valence-electron chi connectivity index (χ2n) is 6.21. The van der Waals surface area contributed by atoms with Gasteiger partial charge in [-0.2, -0.15) is 0 Å². The van der Waals surface area contributed by atoms with Crippen molar-refractivity contribution in [2.45, 2.75) is 6.10 Å². The molecule has 1 aliphatic rings. The zero-order valence-corrected chi connectivity index (χ0v) is 14.7. The van der Waals surface area contributed by atoms with Gasteiger partial charge in [0.05, 0.1) is 12.2 Å². The Morgan fingerprint density at radius 1 is 1.11 bits per heavy atom. The van der Waals surface area contributed by atoms with Crippen molar-refractivity contribution in [3.05, 3.63) is 60.4 Å². The van der Waals surface area contributed by atoms with Gasteiger partial charge in [-0.25, -0.2) is 4.79 Å². The summed E-state index contributed by atoms with van der Waals surface area (Å²) < 4.78 is 16.0. The molecule has 3 aromatic rings. The van der Waals surface area contributed by atoms with Crippen LogP contribution >= 0.6 is 0 Å². The van der Waals surface area contributed by atoms with Gasteiger partial charge in [-0.1, -0.05) is 30.3 Å². The Morgan fingerprint density at radius 2 is 1.86 bits per heavy atom. The fourth-order valence-electron chi connectivity index (χ4n) is 2.98. The van der Waals surface area contributed by atoms with Crippen LogP contribution in [0.25, 0.3) is 11.0 Å². The SMILES string of the molecule is NC(=O)C1CN(C(=O)COC(=O)c2cc3ccccc3o2)c2ccccc2O1. The number of amides is 2. The minimum atomic E-state index is -0.982. The number of hydrogen-bond acceptors (Lipinski definition) is 6. The topological polar surface area (TPSA) is 112 Å². The van der Waals surface area contributed by atoms with E-state index in [-0.39, 0.29) is 12.3 Å². The number of fused-ring (bicyclic) bond motifs is 2. The first-order valence-corrected chi connectivity index (χ1v) is 8.54. The van der Waals surface area contributed by atoms with Gasteiger partial charge >= 0.3 is 5.97 Å². The molecule has 0 saturated heterocycles. The number of ether oxygens (including phenoxy) is 2. The number of nitrogens with zero attached hydrogens (tertiary/aromatic N) is 1. The smallest absolute Gasteiger partial charge is 0.374 e. The summed E-state index contributed by atoms with van der Waals surface area (Å²) in [5.74, 6) is -1.59. The molecule has 8 heteroatoms. The van der Waals surface area contributed by atoms with Crippen molar-refractivity contribution in [1.82, 2.24) is 0 Å². The van der Waals surface area contributed by atoms with Gasteiger partial charge in [0.25, 0.3) is 11.8 Å². The number of rotatable bonds is 4. The van der Waals surface area contributed by atoms with Crippen LogP contribution in [0.2, 0.25) is 0 Å². The first-order valence-electron chi connectivity index (χ1n) is 8.54. The summed E-state index contributed by atoms with van der Waals surface area (Å²) in [5, 5.41) is 0.757. The maximum absolute atomic E-state index is 12.6. The molecule has 0 radical (unpaired) electrons. The average molecular weight is 380 g/mol. The summed E-state index contributed by atoms with van der Waals surface area (Å²) in [4.78, 5) is 37.7. The lowest BCUT2D eigenvalue weighted by atomic mass is 10.2. The van der Waals surface area contributed by atoms with E-state index in [9.17, 15) is 14.4 Å². The molecule has 2 N–H and O–H groups in total. The number of nitrogens with two attached hydrogens (primary N) is 1. The predicted molar refractivity (Wildman–Crippen MR) is 98.9 cm³/mol. The number of esters is 1. The lowest BCUT2D eigenvalue weighted by Gasteiger charge is -2.33. The Morgan fingerprint density at radius 3 is 2.64 bits per heavy atom. The summed E-state index contributed by atoms with van der Waals surface area (Å²) in [5.41, 5.74) is 6.35. The van der Waals surface area contributed by atoms with E-state index in [4.69, 9.17) is 19.6 Å². The highest BCUT2D eigenvalue weighted by Crippen LogP contribution is 2.33. The summed E-state index contributed by atoms with van der Waals surface area (Å²) in [6.45, 7) is -0.580. The van der Waals surface area contributed by atoms with E-state index >= 15 is 0 Å². The molecule has 2 aromatic carbocycles. The van der Waals surface area contributed by atoms with Crippen LogP contribution in [-0.4, -0.2) is 37.0 Å². The zero-order valence-electron chi connectivity index (χ0n) is 14.7. The highest BCUT2D eigenvalue weighted by molar-refractivity contribution is 6.00. The molecule has 8 nitrogen and oxygen atoms in total. The van der Waals surface area contributed by atoms with E-state index < -0.39 is 30.5 Å². The van der Waals surface area contributed by atoms with Crippen LogP contribution in [0.4, 0.5) is 5.69 Å². The molecule has 0 saturated carbocycles.